The molecule has 3 aromatic rings. The maximum absolute atomic E-state index is 10.6. The van der Waals surface area contributed by atoms with Crippen molar-refractivity contribution in [3.05, 3.63) is 46.5 Å². The van der Waals surface area contributed by atoms with Crippen LogP contribution in [0.3, 0.4) is 0 Å². The van der Waals surface area contributed by atoms with Gasteiger partial charge in [-0.2, -0.15) is 0 Å². The van der Waals surface area contributed by atoms with Gasteiger partial charge in [0.15, 0.2) is 0 Å². The topological polar surface area (TPSA) is 68.3 Å². The number of aryl methyl sites for hydroxylation is 3. The Bertz CT molecular complexity index is 1020. The second-order valence-electron chi connectivity index (χ2n) is 6.49. The standard InChI is InChI=1S/C20H24N2O3S2/c1-13-11-15(7-4-5-10-21-27(23)24)19-18(14(2)26-20(19)22-13)16-8-6-9-17(12-16)25-3/h6,8-9,11-12,27H,4-5,7,10H2,1-3H3,(H,21,23,24). The molecule has 0 radical (unpaired) electrons. The number of aromatic nitrogens is 1. The van der Waals surface area contributed by atoms with Crippen LogP contribution in [0.5, 0.6) is 5.75 Å². The molecule has 0 atom stereocenters. The lowest BCUT2D eigenvalue weighted by atomic mass is 9.97. The molecule has 5 nitrogen and oxygen atoms in total. The van der Waals surface area contributed by atoms with E-state index >= 15 is 0 Å². The van der Waals surface area contributed by atoms with Crippen LogP contribution in [0, 0.1) is 13.8 Å². The van der Waals surface area contributed by atoms with Gasteiger partial charge in [-0.1, -0.05) is 12.1 Å². The van der Waals surface area contributed by atoms with Crippen molar-refractivity contribution in [1.29, 1.82) is 0 Å². The smallest absolute Gasteiger partial charge is 0.201 e. The van der Waals surface area contributed by atoms with Gasteiger partial charge in [0.1, 0.15) is 10.6 Å². The third-order valence-corrected chi connectivity index (χ3v) is 6.00. The molecule has 27 heavy (non-hydrogen) atoms. The average Bonchev–Trinajstić information content (AvgIpc) is 2.96. The third kappa shape index (κ3) is 4.66. The van der Waals surface area contributed by atoms with Gasteiger partial charge in [0.05, 0.1) is 7.11 Å². The van der Waals surface area contributed by atoms with E-state index in [9.17, 15) is 8.42 Å². The number of benzene rings is 1. The lowest BCUT2D eigenvalue weighted by molar-refractivity contribution is 0.415. The summed E-state index contributed by atoms with van der Waals surface area (Å²) in [5, 5.41) is 1.21. The molecule has 0 unspecified atom stereocenters. The van der Waals surface area contributed by atoms with E-state index in [1.54, 1.807) is 18.4 Å². The quantitative estimate of drug-likeness (QED) is 0.439. The Morgan fingerprint density at radius 1 is 1.19 bits per heavy atom. The zero-order valence-corrected chi connectivity index (χ0v) is 17.5. The molecule has 3 rings (SSSR count). The summed E-state index contributed by atoms with van der Waals surface area (Å²) < 4.78 is 29.1. The molecule has 2 aromatic heterocycles. The number of nitrogens with zero attached hydrogens (tertiary/aromatic N) is 1. The fraction of sp³-hybridized carbons (Fsp3) is 0.350. The molecular weight excluding hydrogens is 380 g/mol. The van der Waals surface area contributed by atoms with E-state index in [-0.39, 0.29) is 0 Å². The lowest BCUT2D eigenvalue weighted by Crippen LogP contribution is -2.12. The van der Waals surface area contributed by atoms with E-state index in [0.717, 1.165) is 41.1 Å². The fourth-order valence-corrected chi connectivity index (χ4v) is 4.84. The molecule has 7 heteroatoms. The number of hydrogen-bond acceptors (Lipinski definition) is 5. The molecule has 0 aliphatic rings. The van der Waals surface area contributed by atoms with Crippen LogP contribution < -0.4 is 9.46 Å². The van der Waals surface area contributed by atoms with Gasteiger partial charge in [-0.05, 0) is 62.4 Å². The van der Waals surface area contributed by atoms with E-state index in [1.807, 2.05) is 19.1 Å². The number of nitrogens with one attached hydrogen (secondary N) is 1. The number of pyridine rings is 1. The molecule has 0 spiro atoms. The fourth-order valence-electron chi connectivity index (χ4n) is 3.36. The molecular formula is C20H24N2O3S2. The van der Waals surface area contributed by atoms with Crippen molar-refractivity contribution < 1.29 is 13.2 Å². The largest absolute Gasteiger partial charge is 0.497 e. The minimum Gasteiger partial charge on any atom is -0.497 e. The Balaban J connectivity index is 1.98. The van der Waals surface area contributed by atoms with Crippen molar-refractivity contribution >= 4 is 32.4 Å². The molecule has 1 N–H and O–H groups in total. The van der Waals surface area contributed by atoms with Crippen LogP contribution >= 0.6 is 11.3 Å². The maximum Gasteiger partial charge on any atom is 0.201 e. The van der Waals surface area contributed by atoms with Crippen molar-refractivity contribution in [2.45, 2.75) is 33.1 Å². The van der Waals surface area contributed by atoms with E-state index in [4.69, 9.17) is 9.72 Å². The normalized spacial score (nSPS) is 11.4. The van der Waals surface area contributed by atoms with Crippen LogP contribution in [0.4, 0.5) is 0 Å². The first-order valence-corrected chi connectivity index (χ1v) is 10.9. The number of unbranched alkanes of at least 4 members (excludes halogenated alkanes) is 1. The van der Waals surface area contributed by atoms with E-state index < -0.39 is 10.9 Å². The second kappa shape index (κ2) is 8.82. The molecule has 0 amide bonds. The van der Waals surface area contributed by atoms with Crippen LogP contribution in [0.15, 0.2) is 30.3 Å². The number of rotatable bonds is 8. The Hall–Kier alpha value is -1.96. The Kier molecular flexibility index (Phi) is 6.46. The predicted molar refractivity (Wildman–Crippen MR) is 112 cm³/mol. The monoisotopic (exact) mass is 404 g/mol. The molecule has 0 fully saturated rings. The van der Waals surface area contributed by atoms with E-state index in [1.165, 1.54) is 21.4 Å². The average molecular weight is 405 g/mol. The summed E-state index contributed by atoms with van der Waals surface area (Å²) in [5.41, 5.74) is 4.63. The van der Waals surface area contributed by atoms with Gasteiger partial charge in [0.2, 0.25) is 10.9 Å². The lowest BCUT2D eigenvalue weighted by Gasteiger charge is -2.10. The van der Waals surface area contributed by atoms with Crippen molar-refractivity contribution in [1.82, 2.24) is 9.71 Å². The van der Waals surface area contributed by atoms with Crippen molar-refractivity contribution in [2.75, 3.05) is 13.7 Å². The van der Waals surface area contributed by atoms with Gasteiger partial charge in [-0.3, -0.25) is 0 Å². The third-order valence-electron chi connectivity index (χ3n) is 4.52. The van der Waals surface area contributed by atoms with Crippen LogP contribution in [0.2, 0.25) is 0 Å². The molecule has 0 aliphatic carbocycles. The highest BCUT2D eigenvalue weighted by Gasteiger charge is 2.17. The van der Waals surface area contributed by atoms with Gasteiger partial charge in [-0.25, -0.2) is 18.1 Å². The summed E-state index contributed by atoms with van der Waals surface area (Å²) in [7, 11) is -0.834. The summed E-state index contributed by atoms with van der Waals surface area (Å²) in [4.78, 5) is 7.04. The number of hydrogen-bond donors (Lipinski definition) is 2. The van der Waals surface area contributed by atoms with Crippen molar-refractivity contribution in [3.8, 4) is 16.9 Å². The molecule has 1 aromatic carbocycles. The molecule has 2 heterocycles. The van der Waals surface area contributed by atoms with Gasteiger partial charge >= 0.3 is 0 Å². The summed E-state index contributed by atoms with van der Waals surface area (Å²) in [6, 6.07) is 10.3. The summed E-state index contributed by atoms with van der Waals surface area (Å²) in [5.74, 6) is 0.839. The number of thiol groups is 1. The highest BCUT2D eigenvalue weighted by atomic mass is 32.2. The van der Waals surface area contributed by atoms with Crippen molar-refractivity contribution in [2.24, 2.45) is 0 Å². The molecule has 0 aliphatic heterocycles. The molecule has 0 saturated heterocycles. The highest BCUT2D eigenvalue weighted by molar-refractivity contribution is 7.70. The number of fused-ring (bicyclic) bond motifs is 1. The van der Waals surface area contributed by atoms with Crippen LogP contribution in [-0.4, -0.2) is 27.1 Å². The Morgan fingerprint density at radius 3 is 2.74 bits per heavy atom. The molecule has 144 valence electrons. The minimum atomic E-state index is -2.51. The second-order valence-corrected chi connectivity index (χ2v) is 8.52. The number of methoxy groups -OCH3 is 1. The zero-order valence-electron chi connectivity index (χ0n) is 15.7. The van der Waals surface area contributed by atoms with E-state index in [2.05, 4.69) is 29.8 Å². The van der Waals surface area contributed by atoms with Gasteiger partial charge < -0.3 is 4.74 Å². The van der Waals surface area contributed by atoms with Gasteiger partial charge in [0.25, 0.3) is 0 Å². The predicted octanol–water partition coefficient (Wildman–Crippen LogP) is 4.03. The first-order chi connectivity index (χ1) is 13.0. The van der Waals surface area contributed by atoms with Crippen molar-refractivity contribution in [3.63, 3.8) is 0 Å². The SMILES string of the molecule is COc1cccc(-c2c(C)sc3nc(C)cc(CCCCN[SH](=O)=O)c23)c1. The van der Waals surface area contributed by atoms with Crippen LogP contribution in [-0.2, 0) is 17.3 Å². The molecule has 0 bridgehead atoms. The first-order valence-electron chi connectivity index (χ1n) is 8.91. The first kappa shape index (κ1) is 19.8. The van der Waals surface area contributed by atoms with Gasteiger partial charge in [-0.15, -0.1) is 11.3 Å². The Labute approximate surface area is 165 Å². The summed E-state index contributed by atoms with van der Waals surface area (Å²) in [6.07, 6.45) is 2.62. The zero-order chi connectivity index (χ0) is 19.4. The van der Waals surface area contributed by atoms with Crippen LogP contribution in [0.1, 0.15) is 29.0 Å². The minimum absolute atomic E-state index is 0.483. The highest BCUT2D eigenvalue weighted by Crippen LogP contribution is 2.40. The van der Waals surface area contributed by atoms with Crippen LogP contribution in [0.25, 0.3) is 21.3 Å². The molecule has 0 saturated carbocycles. The maximum atomic E-state index is 10.6. The number of ether oxygens (including phenoxy) is 1. The van der Waals surface area contributed by atoms with Gasteiger partial charge in [0, 0.05) is 28.1 Å². The Morgan fingerprint density at radius 2 is 2.00 bits per heavy atom. The summed E-state index contributed by atoms with van der Waals surface area (Å²) >= 11 is 1.72. The summed E-state index contributed by atoms with van der Waals surface area (Å²) in [6.45, 7) is 4.64. The number of thiophene rings is 1. The van der Waals surface area contributed by atoms with E-state index in [0.29, 0.717) is 6.54 Å².